The highest BCUT2D eigenvalue weighted by Crippen LogP contribution is 2.46. The van der Waals surface area contributed by atoms with Gasteiger partial charge in [0.15, 0.2) is 0 Å². The zero-order valence-electron chi connectivity index (χ0n) is 28.3. The highest BCUT2D eigenvalue weighted by Gasteiger charge is 2.30. The molecule has 0 spiro atoms. The van der Waals surface area contributed by atoms with Crippen LogP contribution in [0.1, 0.15) is 97.4 Å². The van der Waals surface area contributed by atoms with Crippen LogP contribution in [0.3, 0.4) is 0 Å². The molecule has 0 saturated carbocycles. The maximum Gasteiger partial charge on any atom is 0.0482 e. The molecule has 3 aliphatic rings. The minimum atomic E-state index is 0.450. The minimum absolute atomic E-state index is 0.450. The molecule has 2 heteroatoms. The van der Waals surface area contributed by atoms with Crippen molar-refractivity contribution < 1.29 is 0 Å². The standard InChI is InChI=1S/2C18H21N.2C2H6/c2*1-12-9-15(10-13(12)2)11-17-14(3)19(4)18-8-6-5-7-16(17)18;2*1-2/h5-9H,10-11H2,1-4H3;5-9,17H,3,10-11H2,1-2,4H3;2*1-2H3. The lowest BCUT2D eigenvalue weighted by molar-refractivity contribution is 0.780. The number of fused-ring (bicyclic) bond motifs is 2. The van der Waals surface area contributed by atoms with Crippen molar-refractivity contribution in [1.82, 2.24) is 4.57 Å². The number of anilines is 1. The third-order valence-electron chi connectivity index (χ3n) is 9.08. The van der Waals surface area contributed by atoms with E-state index in [1.54, 1.807) is 11.1 Å². The smallest absolute Gasteiger partial charge is 0.0482 e. The summed E-state index contributed by atoms with van der Waals surface area (Å²) in [7, 11) is 4.29. The molecule has 0 amide bonds. The van der Waals surface area contributed by atoms with E-state index in [0.717, 1.165) is 25.7 Å². The van der Waals surface area contributed by atoms with E-state index in [1.807, 2.05) is 27.7 Å². The number of para-hydroxylation sites is 2. The summed E-state index contributed by atoms with van der Waals surface area (Å²) in [4.78, 5) is 2.24. The first-order valence-corrected chi connectivity index (χ1v) is 15.9. The summed E-state index contributed by atoms with van der Waals surface area (Å²) in [5, 5.41) is 1.41. The lowest BCUT2D eigenvalue weighted by atomic mass is 9.91. The molecule has 2 heterocycles. The largest absolute Gasteiger partial charge is 0.348 e. The fraction of sp³-hybridized carbons (Fsp3) is 0.400. The molecule has 1 atom stereocenters. The van der Waals surface area contributed by atoms with E-state index in [0.29, 0.717) is 5.92 Å². The van der Waals surface area contributed by atoms with Crippen LogP contribution >= 0.6 is 0 Å². The van der Waals surface area contributed by atoms with Gasteiger partial charge in [-0.3, -0.25) is 0 Å². The number of hydrogen-bond acceptors (Lipinski definition) is 1. The van der Waals surface area contributed by atoms with Crippen LogP contribution < -0.4 is 4.90 Å². The summed E-state index contributed by atoms with van der Waals surface area (Å²) in [6, 6.07) is 17.4. The van der Waals surface area contributed by atoms with E-state index in [4.69, 9.17) is 0 Å². The molecule has 0 saturated heterocycles. The predicted molar refractivity (Wildman–Crippen MR) is 188 cm³/mol. The normalized spacial score (nSPS) is 17.3. The van der Waals surface area contributed by atoms with Crippen LogP contribution in [0.5, 0.6) is 0 Å². The first-order chi connectivity index (χ1) is 20.2. The summed E-state index contributed by atoms with van der Waals surface area (Å²) in [6.45, 7) is 23.4. The van der Waals surface area contributed by atoms with Gasteiger partial charge in [-0.15, -0.1) is 0 Å². The van der Waals surface area contributed by atoms with Gasteiger partial charge in [0.25, 0.3) is 0 Å². The number of rotatable bonds is 4. The molecule has 1 aliphatic heterocycles. The zero-order chi connectivity index (χ0) is 31.1. The quantitative estimate of drug-likeness (QED) is 0.307. The Labute approximate surface area is 256 Å². The van der Waals surface area contributed by atoms with E-state index in [2.05, 4.69) is 125 Å². The van der Waals surface area contributed by atoms with Gasteiger partial charge in [-0.2, -0.15) is 0 Å². The Hall–Kier alpha value is -3.52. The number of benzene rings is 2. The van der Waals surface area contributed by atoms with Crippen molar-refractivity contribution in [1.29, 1.82) is 0 Å². The Bertz CT molecular complexity index is 1550. The number of aromatic nitrogens is 1. The maximum atomic E-state index is 4.30. The summed E-state index contributed by atoms with van der Waals surface area (Å²) in [6.07, 6.45) is 9.22. The van der Waals surface area contributed by atoms with Gasteiger partial charge in [0.2, 0.25) is 0 Å². The molecule has 42 heavy (non-hydrogen) atoms. The molecule has 0 bridgehead atoms. The van der Waals surface area contributed by atoms with Crippen molar-refractivity contribution in [3.8, 4) is 0 Å². The van der Waals surface area contributed by atoms with Crippen LogP contribution in [-0.4, -0.2) is 11.6 Å². The molecule has 1 aromatic heterocycles. The highest BCUT2D eigenvalue weighted by atomic mass is 15.1. The van der Waals surface area contributed by atoms with Gasteiger partial charge in [0.05, 0.1) is 0 Å². The average Bonchev–Trinajstić information content (AvgIpc) is 3.66. The van der Waals surface area contributed by atoms with Crippen LogP contribution in [0.15, 0.2) is 106 Å². The minimum Gasteiger partial charge on any atom is -0.348 e. The SMILES string of the molecule is C=C1C(CC2=CC(C)=C(C)C2)c2ccccc2N1C.CC.CC.CC1=C(C)CC(Cc2c(C)n(C)c3ccccc23)=C1. The maximum absolute atomic E-state index is 4.30. The molecule has 2 aromatic carbocycles. The predicted octanol–water partition coefficient (Wildman–Crippen LogP) is 11.5. The molecule has 0 fully saturated rings. The molecule has 2 nitrogen and oxygen atoms in total. The van der Waals surface area contributed by atoms with Gasteiger partial charge in [-0.25, -0.2) is 0 Å². The molecule has 6 rings (SSSR count). The van der Waals surface area contributed by atoms with Crippen LogP contribution in [0, 0.1) is 6.92 Å². The van der Waals surface area contributed by atoms with Gasteiger partial charge in [0.1, 0.15) is 0 Å². The Morgan fingerprint density at radius 1 is 0.738 bits per heavy atom. The second-order valence-corrected chi connectivity index (χ2v) is 11.6. The summed E-state index contributed by atoms with van der Waals surface area (Å²) >= 11 is 0. The van der Waals surface area contributed by atoms with Crippen LogP contribution in [0.25, 0.3) is 10.9 Å². The summed E-state index contributed by atoms with van der Waals surface area (Å²) < 4.78 is 2.31. The Balaban J connectivity index is 0.000000206. The molecule has 0 radical (unpaired) electrons. The number of hydrogen-bond donors (Lipinski definition) is 0. The number of aryl methyl sites for hydroxylation is 1. The number of likely N-dealkylation sites (N-methyl/N-ethyl adjacent to an activating group) is 1. The van der Waals surface area contributed by atoms with Gasteiger partial charge in [-0.05, 0) is 83.6 Å². The topological polar surface area (TPSA) is 8.17 Å². The number of allylic oxidation sites excluding steroid dienone is 9. The van der Waals surface area contributed by atoms with E-state index in [1.165, 1.54) is 61.4 Å². The van der Waals surface area contributed by atoms with E-state index >= 15 is 0 Å². The van der Waals surface area contributed by atoms with Crippen molar-refractivity contribution in [2.24, 2.45) is 7.05 Å². The first-order valence-electron chi connectivity index (χ1n) is 15.9. The van der Waals surface area contributed by atoms with E-state index in [-0.39, 0.29) is 0 Å². The molecular formula is C40H54N2. The van der Waals surface area contributed by atoms with Crippen molar-refractivity contribution in [3.63, 3.8) is 0 Å². The average molecular weight is 563 g/mol. The fourth-order valence-electron chi connectivity index (χ4n) is 6.36. The van der Waals surface area contributed by atoms with Gasteiger partial charge < -0.3 is 9.47 Å². The van der Waals surface area contributed by atoms with Gasteiger partial charge in [0, 0.05) is 48.0 Å². The molecular weight excluding hydrogens is 508 g/mol. The van der Waals surface area contributed by atoms with Crippen LogP contribution in [0.4, 0.5) is 5.69 Å². The molecule has 2 aliphatic carbocycles. The van der Waals surface area contributed by atoms with Crippen LogP contribution in [-0.2, 0) is 13.5 Å². The van der Waals surface area contributed by atoms with E-state index in [9.17, 15) is 0 Å². The highest BCUT2D eigenvalue weighted by molar-refractivity contribution is 5.85. The van der Waals surface area contributed by atoms with Gasteiger partial charge >= 0.3 is 0 Å². The Kier molecular flexibility index (Phi) is 11.5. The molecule has 1 unspecified atom stereocenters. The van der Waals surface area contributed by atoms with Crippen molar-refractivity contribution >= 4 is 16.6 Å². The van der Waals surface area contributed by atoms with Crippen LogP contribution in [0.2, 0.25) is 0 Å². The second-order valence-electron chi connectivity index (χ2n) is 11.6. The second kappa shape index (κ2) is 14.6. The summed E-state index contributed by atoms with van der Waals surface area (Å²) in [5.74, 6) is 0.450. The molecule has 224 valence electrons. The van der Waals surface area contributed by atoms with Crippen molar-refractivity contribution in [3.05, 3.63) is 123 Å². The first kappa shape index (κ1) is 33.0. The number of nitrogens with zero attached hydrogens (tertiary/aromatic N) is 2. The third kappa shape index (κ3) is 6.75. The van der Waals surface area contributed by atoms with E-state index < -0.39 is 0 Å². The Morgan fingerprint density at radius 2 is 1.29 bits per heavy atom. The lowest BCUT2D eigenvalue weighted by Crippen LogP contribution is -2.12. The third-order valence-corrected chi connectivity index (χ3v) is 9.08. The Morgan fingerprint density at radius 3 is 1.88 bits per heavy atom. The molecule has 3 aromatic rings. The van der Waals surface area contributed by atoms with Crippen molar-refractivity contribution in [2.45, 2.75) is 93.9 Å². The summed E-state index contributed by atoms with van der Waals surface area (Å²) in [5.41, 5.74) is 17.2. The monoisotopic (exact) mass is 562 g/mol. The zero-order valence-corrected chi connectivity index (χ0v) is 28.3. The lowest BCUT2D eigenvalue weighted by Gasteiger charge is -2.17. The van der Waals surface area contributed by atoms with Gasteiger partial charge in [-0.1, -0.05) is 116 Å². The van der Waals surface area contributed by atoms with Crippen molar-refractivity contribution in [2.75, 3.05) is 11.9 Å². The molecule has 0 N–H and O–H groups in total. The fourth-order valence-corrected chi connectivity index (χ4v) is 6.36.